The number of hydrogen-bond acceptors (Lipinski definition) is 1. The number of aromatic nitrogens is 1. The van der Waals surface area contributed by atoms with Crippen LogP contribution in [0.1, 0.15) is 30.4 Å². The average Bonchev–Trinajstić information content (AvgIpc) is 2.94. The Labute approximate surface area is 149 Å². The number of H-pyrrole nitrogens is 1. The van der Waals surface area contributed by atoms with E-state index < -0.39 is 11.7 Å². The number of halogens is 4. The van der Waals surface area contributed by atoms with Gasteiger partial charge < -0.3 is 10.3 Å². The molecule has 0 saturated heterocycles. The molecule has 0 amide bonds. The molecule has 0 atom stereocenters. The van der Waals surface area contributed by atoms with Crippen molar-refractivity contribution in [2.45, 2.75) is 31.9 Å². The molecule has 0 unspecified atom stereocenters. The van der Waals surface area contributed by atoms with E-state index in [1.807, 2.05) is 30.3 Å². The van der Waals surface area contributed by atoms with Gasteiger partial charge in [-0.15, -0.1) is 12.4 Å². The second kappa shape index (κ2) is 6.64. The number of hydrogen-bond donors (Lipinski definition) is 2. The molecule has 6 heteroatoms. The third kappa shape index (κ3) is 3.33. The van der Waals surface area contributed by atoms with Gasteiger partial charge in [0.2, 0.25) is 0 Å². The predicted molar refractivity (Wildman–Crippen MR) is 96.8 cm³/mol. The number of benzene rings is 1. The Hall–Kier alpha value is -2.14. The first kappa shape index (κ1) is 17.7. The van der Waals surface area contributed by atoms with Gasteiger partial charge in [-0.2, -0.15) is 13.2 Å². The van der Waals surface area contributed by atoms with Crippen LogP contribution >= 0.6 is 12.4 Å². The van der Waals surface area contributed by atoms with Gasteiger partial charge in [-0.1, -0.05) is 24.3 Å². The zero-order chi connectivity index (χ0) is 16.7. The van der Waals surface area contributed by atoms with E-state index in [1.165, 1.54) is 6.08 Å². The Kier molecular flexibility index (Phi) is 4.69. The lowest BCUT2D eigenvalue weighted by Gasteiger charge is -2.17. The van der Waals surface area contributed by atoms with Crippen LogP contribution in [0.5, 0.6) is 0 Å². The molecule has 25 heavy (non-hydrogen) atoms. The highest BCUT2D eigenvalue weighted by Gasteiger charge is 2.34. The molecule has 1 heterocycles. The van der Waals surface area contributed by atoms with Gasteiger partial charge in [-0.05, 0) is 49.5 Å². The summed E-state index contributed by atoms with van der Waals surface area (Å²) >= 11 is 0. The third-order valence-corrected chi connectivity index (χ3v) is 4.61. The van der Waals surface area contributed by atoms with Crippen molar-refractivity contribution in [1.82, 2.24) is 4.98 Å². The molecule has 2 nitrogen and oxygen atoms in total. The number of allylic oxidation sites excluding steroid dienone is 1. The van der Waals surface area contributed by atoms with E-state index in [0.29, 0.717) is 5.56 Å². The Bertz CT molecular complexity index is 924. The smallest absolute Gasteiger partial charge is 0.357 e. The molecule has 2 aliphatic rings. The quantitative estimate of drug-likeness (QED) is 0.822. The van der Waals surface area contributed by atoms with E-state index >= 15 is 0 Å². The number of para-hydroxylation sites is 1. The summed E-state index contributed by atoms with van der Waals surface area (Å²) in [6, 6.07) is 9.83. The van der Waals surface area contributed by atoms with Crippen molar-refractivity contribution in [3.63, 3.8) is 0 Å². The highest BCUT2D eigenvalue weighted by molar-refractivity contribution is 5.85. The van der Waals surface area contributed by atoms with E-state index in [9.17, 15) is 13.2 Å². The van der Waals surface area contributed by atoms with Gasteiger partial charge in [0.1, 0.15) is 0 Å². The molecule has 2 aliphatic carbocycles. The molecule has 0 radical (unpaired) electrons. The minimum Gasteiger partial charge on any atom is -0.357 e. The van der Waals surface area contributed by atoms with Crippen molar-refractivity contribution >= 4 is 35.9 Å². The lowest BCUT2D eigenvalue weighted by atomic mass is 9.94. The van der Waals surface area contributed by atoms with Gasteiger partial charge in [0, 0.05) is 27.9 Å². The first-order chi connectivity index (χ1) is 11.5. The maximum Gasteiger partial charge on any atom is 0.413 e. The second-order valence-electron chi connectivity index (χ2n) is 6.20. The molecular weight excluding hydrogens is 349 g/mol. The topological polar surface area (TPSA) is 27.8 Å². The van der Waals surface area contributed by atoms with E-state index in [-0.39, 0.29) is 18.8 Å². The Balaban J connectivity index is 0.00000182. The molecular formula is C19H18ClF3N2. The minimum atomic E-state index is -4.26. The summed E-state index contributed by atoms with van der Waals surface area (Å²) in [6.07, 6.45) is 1.25. The van der Waals surface area contributed by atoms with Gasteiger partial charge in [0.25, 0.3) is 0 Å². The molecule has 1 aromatic heterocycles. The zero-order valence-electron chi connectivity index (χ0n) is 13.4. The number of nitrogens with one attached hydrogen (secondary N) is 2. The van der Waals surface area contributed by atoms with Crippen LogP contribution < -0.4 is 16.0 Å². The monoisotopic (exact) mass is 366 g/mol. The van der Waals surface area contributed by atoms with Crippen molar-refractivity contribution in [3.05, 3.63) is 57.7 Å². The SMILES string of the molecule is Cl.FC(F)(F)C1=Cc2c3c([nH]c2=CC1)=C(Nc1ccccc1)CCC3. The number of rotatable bonds is 2. The van der Waals surface area contributed by atoms with Gasteiger partial charge in [0.05, 0.1) is 5.35 Å². The Morgan fingerprint density at radius 1 is 1.04 bits per heavy atom. The molecule has 2 N–H and O–H groups in total. The molecule has 0 saturated carbocycles. The number of aromatic amines is 1. The van der Waals surface area contributed by atoms with Gasteiger partial charge in [0.15, 0.2) is 0 Å². The van der Waals surface area contributed by atoms with Crippen LogP contribution in [0.4, 0.5) is 18.9 Å². The van der Waals surface area contributed by atoms with E-state index in [2.05, 4.69) is 10.3 Å². The first-order valence-corrected chi connectivity index (χ1v) is 8.06. The summed E-state index contributed by atoms with van der Waals surface area (Å²) in [7, 11) is 0. The van der Waals surface area contributed by atoms with Crippen LogP contribution in [-0.2, 0) is 6.42 Å². The maximum absolute atomic E-state index is 13.0. The van der Waals surface area contributed by atoms with Crippen LogP contribution in [0.25, 0.3) is 17.8 Å². The predicted octanol–water partition coefficient (Wildman–Crippen LogP) is 4.12. The number of fused-ring (bicyclic) bond motifs is 3. The summed E-state index contributed by atoms with van der Waals surface area (Å²) in [6.45, 7) is 0. The zero-order valence-corrected chi connectivity index (χ0v) is 14.2. The van der Waals surface area contributed by atoms with Gasteiger partial charge in [-0.3, -0.25) is 0 Å². The minimum absolute atomic E-state index is 0. The standard InChI is InChI=1S/C19H17F3N2.ClH/c20-19(21,22)12-9-10-16-15(11-12)14-7-4-8-17(18(14)24-16)23-13-5-2-1-3-6-13;/h1-3,5-6,10-11,23-24H,4,7-9H2;1H. The first-order valence-electron chi connectivity index (χ1n) is 8.06. The molecule has 1 aromatic carbocycles. The fourth-order valence-electron chi connectivity index (χ4n) is 3.45. The van der Waals surface area contributed by atoms with E-state index in [1.54, 1.807) is 6.08 Å². The van der Waals surface area contributed by atoms with Crippen molar-refractivity contribution in [2.75, 3.05) is 5.32 Å². The van der Waals surface area contributed by atoms with Crippen molar-refractivity contribution in [1.29, 1.82) is 0 Å². The number of anilines is 1. The largest absolute Gasteiger partial charge is 0.413 e. The highest BCUT2D eigenvalue weighted by Crippen LogP contribution is 2.32. The summed E-state index contributed by atoms with van der Waals surface area (Å²) in [5.74, 6) is 0. The summed E-state index contributed by atoms with van der Waals surface area (Å²) in [5.41, 5.74) is 3.26. The van der Waals surface area contributed by atoms with Gasteiger partial charge >= 0.3 is 6.18 Å². The van der Waals surface area contributed by atoms with Gasteiger partial charge in [-0.25, -0.2) is 0 Å². The normalized spacial score (nSPS) is 16.1. The fourth-order valence-corrected chi connectivity index (χ4v) is 3.45. The van der Waals surface area contributed by atoms with Crippen LogP contribution in [-0.4, -0.2) is 11.2 Å². The van der Waals surface area contributed by atoms with Crippen molar-refractivity contribution < 1.29 is 13.2 Å². The van der Waals surface area contributed by atoms with Crippen molar-refractivity contribution in [2.24, 2.45) is 0 Å². The molecule has 0 spiro atoms. The molecule has 132 valence electrons. The lowest BCUT2D eigenvalue weighted by Crippen LogP contribution is -2.23. The molecule has 0 bridgehead atoms. The average molecular weight is 367 g/mol. The maximum atomic E-state index is 13.0. The van der Waals surface area contributed by atoms with Crippen LogP contribution in [0.3, 0.4) is 0 Å². The summed E-state index contributed by atoms with van der Waals surface area (Å²) < 4.78 is 39.1. The fraction of sp³-hybridized carbons (Fsp3) is 0.263. The van der Waals surface area contributed by atoms with Crippen molar-refractivity contribution in [3.8, 4) is 0 Å². The summed E-state index contributed by atoms with van der Waals surface area (Å²) in [5, 5.41) is 5.17. The van der Waals surface area contributed by atoms with E-state index in [0.717, 1.165) is 46.9 Å². The third-order valence-electron chi connectivity index (χ3n) is 4.61. The van der Waals surface area contributed by atoms with E-state index in [4.69, 9.17) is 0 Å². The number of alkyl halides is 3. The van der Waals surface area contributed by atoms with Crippen LogP contribution in [0, 0.1) is 0 Å². The highest BCUT2D eigenvalue weighted by atomic mass is 35.5. The molecule has 0 fully saturated rings. The Morgan fingerprint density at radius 3 is 2.52 bits per heavy atom. The Morgan fingerprint density at radius 2 is 1.80 bits per heavy atom. The lowest BCUT2D eigenvalue weighted by molar-refractivity contribution is -0.0916. The molecule has 0 aliphatic heterocycles. The second-order valence-corrected chi connectivity index (χ2v) is 6.20. The van der Waals surface area contributed by atoms with Crippen LogP contribution in [0.15, 0.2) is 35.9 Å². The van der Waals surface area contributed by atoms with Crippen LogP contribution in [0.2, 0.25) is 0 Å². The summed E-state index contributed by atoms with van der Waals surface area (Å²) in [4.78, 5) is 3.33. The molecule has 2 aromatic rings. The molecule has 4 rings (SSSR count).